The van der Waals surface area contributed by atoms with Crippen LogP contribution in [0.3, 0.4) is 0 Å². The monoisotopic (exact) mass is 338 g/mol. The third-order valence-corrected chi connectivity index (χ3v) is 3.10. The molecule has 0 aliphatic heterocycles. The Bertz CT molecular complexity index is 675. The van der Waals surface area contributed by atoms with Crippen LogP contribution in [0.1, 0.15) is 11.1 Å². The molecule has 0 radical (unpaired) electrons. The third kappa shape index (κ3) is 3.25. The van der Waals surface area contributed by atoms with Gasteiger partial charge in [-0.3, -0.25) is 0 Å². The van der Waals surface area contributed by atoms with Crippen molar-refractivity contribution in [2.75, 3.05) is 5.73 Å². The average Bonchev–Trinajstić information content (AvgIpc) is 2.36. The van der Waals surface area contributed by atoms with E-state index in [1.807, 2.05) is 6.07 Å². The van der Waals surface area contributed by atoms with E-state index in [1.54, 1.807) is 0 Å². The zero-order valence-corrected chi connectivity index (χ0v) is 11.7. The van der Waals surface area contributed by atoms with Gasteiger partial charge in [-0.1, -0.05) is 0 Å². The Hall–Kier alpha value is -2.13. The molecule has 0 aliphatic carbocycles. The van der Waals surface area contributed by atoms with E-state index in [4.69, 9.17) is 15.7 Å². The highest BCUT2D eigenvalue weighted by molar-refractivity contribution is 9.10. The molecule has 2 aromatic carbocycles. The van der Waals surface area contributed by atoms with E-state index in [-0.39, 0.29) is 23.6 Å². The maximum absolute atomic E-state index is 13.3. The van der Waals surface area contributed by atoms with E-state index in [1.165, 1.54) is 18.2 Å². The quantitative estimate of drug-likeness (QED) is 0.867. The summed E-state index contributed by atoms with van der Waals surface area (Å²) in [6.45, 7) is 0.0148. The molecule has 20 heavy (non-hydrogen) atoms. The lowest BCUT2D eigenvalue weighted by Crippen LogP contribution is -2.01. The van der Waals surface area contributed by atoms with Crippen LogP contribution in [0.5, 0.6) is 5.75 Å². The highest BCUT2D eigenvalue weighted by atomic mass is 79.9. The molecule has 0 saturated carbocycles. The Morgan fingerprint density at radius 1 is 1.15 bits per heavy atom. The van der Waals surface area contributed by atoms with Gasteiger partial charge in [0.2, 0.25) is 0 Å². The van der Waals surface area contributed by atoms with Crippen molar-refractivity contribution >= 4 is 21.6 Å². The summed E-state index contributed by atoms with van der Waals surface area (Å²) in [7, 11) is 0. The summed E-state index contributed by atoms with van der Waals surface area (Å²) < 4.78 is 32.1. The topological polar surface area (TPSA) is 59.0 Å². The van der Waals surface area contributed by atoms with Crippen molar-refractivity contribution < 1.29 is 13.5 Å². The van der Waals surface area contributed by atoms with Crippen molar-refractivity contribution in [2.45, 2.75) is 6.61 Å². The highest BCUT2D eigenvalue weighted by Gasteiger charge is 2.09. The van der Waals surface area contributed by atoms with Crippen LogP contribution in [0.4, 0.5) is 14.5 Å². The second-order valence-corrected chi connectivity index (χ2v) is 4.91. The van der Waals surface area contributed by atoms with E-state index in [2.05, 4.69) is 15.9 Å². The van der Waals surface area contributed by atoms with Gasteiger partial charge in [0.05, 0.1) is 21.8 Å². The molecule has 2 rings (SSSR count). The van der Waals surface area contributed by atoms with Gasteiger partial charge in [0.15, 0.2) is 5.75 Å². The van der Waals surface area contributed by atoms with Crippen LogP contribution < -0.4 is 10.5 Å². The first-order valence-electron chi connectivity index (χ1n) is 5.56. The minimum absolute atomic E-state index is 0.0148. The summed E-state index contributed by atoms with van der Waals surface area (Å²) in [5.74, 6) is -0.734. The second-order valence-electron chi connectivity index (χ2n) is 4.05. The molecule has 0 aromatic heterocycles. The molecule has 0 spiro atoms. The Balaban J connectivity index is 2.21. The molecular weight excluding hydrogens is 330 g/mol. The Morgan fingerprint density at radius 3 is 2.50 bits per heavy atom. The number of nitriles is 1. The van der Waals surface area contributed by atoms with Gasteiger partial charge in [-0.15, -0.1) is 0 Å². The van der Waals surface area contributed by atoms with E-state index >= 15 is 0 Å². The molecule has 2 aromatic rings. The van der Waals surface area contributed by atoms with Crippen LogP contribution in [0.15, 0.2) is 34.8 Å². The Kier molecular flexibility index (Phi) is 4.20. The van der Waals surface area contributed by atoms with Gasteiger partial charge in [-0.25, -0.2) is 8.78 Å². The second kappa shape index (κ2) is 5.88. The fourth-order valence-electron chi connectivity index (χ4n) is 1.69. The zero-order chi connectivity index (χ0) is 14.7. The van der Waals surface area contributed by atoms with Crippen LogP contribution in [0.2, 0.25) is 0 Å². The highest BCUT2D eigenvalue weighted by Crippen LogP contribution is 2.33. The van der Waals surface area contributed by atoms with Crippen molar-refractivity contribution in [3.05, 3.63) is 57.6 Å². The fourth-order valence-corrected chi connectivity index (χ4v) is 2.25. The van der Waals surface area contributed by atoms with Gasteiger partial charge in [-0.05, 0) is 45.8 Å². The number of rotatable bonds is 3. The molecule has 0 saturated heterocycles. The Labute approximate surface area is 122 Å². The summed E-state index contributed by atoms with van der Waals surface area (Å²) in [6.07, 6.45) is 0. The van der Waals surface area contributed by atoms with Crippen LogP contribution in [0.25, 0.3) is 0 Å². The van der Waals surface area contributed by atoms with Crippen LogP contribution in [-0.4, -0.2) is 0 Å². The van der Waals surface area contributed by atoms with Crippen molar-refractivity contribution in [1.82, 2.24) is 0 Å². The van der Waals surface area contributed by atoms with E-state index in [0.29, 0.717) is 10.0 Å². The van der Waals surface area contributed by atoms with Crippen LogP contribution in [-0.2, 0) is 6.61 Å². The number of ether oxygens (including phenoxy) is 1. The number of hydrogen-bond donors (Lipinski definition) is 1. The molecule has 0 heterocycles. The lowest BCUT2D eigenvalue weighted by molar-refractivity contribution is 0.305. The molecule has 0 bridgehead atoms. The predicted molar refractivity (Wildman–Crippen MR) is 74.0 cm³/mol. The minimum Gasteiger partial charge on any atom is -0.486 e. The van der Waals surface area contributed by atoms with Crippen LogP contribution >= 0.6 is 15.9 Å². The number of nitrogen functional groups attached to an aromatic ring is 1. The first kappa shape index (κ1) is 14.3. The van der Waals surface area contributed by atoms with Gasteiger partial charge in [-0.2, -0.15) is 5.26 Å². The molecule has 0 unspecified atom stereocenters. The van der Waals surface area contributed by atoms with Crippen molar-refractivity contribution in [3.8, 4) is 11.8 Å². The summed E-state index contributed by atoms with van der Waals surface area (Å²) >= 11 is 3.14. The smallest absolute Gasteiger partial charge is 0.157 e. The normalized spacial score (nSPS) is 10.1. The lowest BCUT2D eigenvalue weighted by Gasteiger charge is -2.11. The number of hydrogen-bond acceptors (Lipinski definition) is 3. The molecule has 2 N–H and O–H groups in total. The first-order valence-corrected chi connectivity index (χ1v) is 6.36. The van der Waals surface area contributed by atoms with Crippen LogP contribution in [0, 0.1) is 23.0 Å². The number of benzene rings is 2. The number of nitrogens with zero attached hydrogens (tertiary/aromatic N) is 1. The van der Waals surface area contributed by atoms with E-state index < -0.39 is 11.6 Å². The average molecular weight is 339 g/mol. The standard InChI is InChI=1S/C14H9BrF2N2O/c15-12-4-11(17)5-13(19)14(12)20-7-9-1-8(6-18)2-10(16)3-9/h1-5H,7,19H2. The molecule has 6 heteroatoms. The van der Waals surface area contributed by atoms with E-state index in [0.717, 1.165) is 12.1 Å². The summed E-state index contributed by atoms with van der Waals surface area (Å²) in [5, 5.41) is 8.76. The van der Waals surface area contributed by atoms with Crippen molar-refractivity contribution in [1.29, 1.82) is 5.26 Å². The molecule has 0 fully saturated rings. The SMILES string of the molecule is N#Cc1cc(F)cc(COc2c(N)cc(F)cc2Br)c1. The Morgan fingerprint density at radius 2 is 1.85 bits per heavy atom. The fraction of sp³-hybridized carbons (Fsp3) is 0.0714. The molecule has 0 aliphatic rings. The van der Waals surface area contributed by atoms with Gasteiger partial charge in [0.25, 0.3) is 0 Å². The first-order chi connectivity index (χ1) is 9.49. The van der Waals surface area contributed by atoms with Gasteiger partial charge in [0, 0.05) is 6.07 Å². The summed E-state index contributed by atoms with van der Waals surface area (Å²) in [6, 6.07) is 8.11. The molecular formula is C14H9BrF2N2O. The lowest BCUT2D eigenvalue weighted by atomic mass is 10.1. The minimum atomic E-state index is -0.520. The number of anilines is 1. The summed E-state index contributed by atoms with van der Waals surface area (Å²) in [5.41, 5.74) is 6.47. The summed E-state index contributed by atoms with van der Waals surface area (Å²) in [4.78, 5) is 0. The van der Waals surface area contributed by atoms with Crippen molar-refractivity contribution in [3.63, 3.8) is 0 Å². The maximum atomic E-state index is 13.3. The van der Waals surface area contributed by atoms with Crippen molar-refractivity contribution in [2.24, 2.45) is 0 Å². The molecule has 0 amide bonds. The predicted octanol–water partition coefficient (Wildman–Crippen LogP) is 3.76. The zero-order valence-electron chi connectivity index (χ0n) is 10.2. The third-order valence-electron chi connectivity index (χ3n) is 2.51. The van der Waals surface area contributed by atoms with Gasteiger partial charge >= 0.3 is 0 Å². The van der Waals surface area contributed by atoms with Gasteiger partial charge in [0.1, 0.15) is 18.2 Å². The number of halogens is 3. The van der Waals surface area contributed by atoms with E-state index in [9.17, 15) is 8.78 Å². The molecule has 3 nitrogen and oxygen atoms in total. The largest absolute Gasteiger partial charge is 0.486 e. The molecule has 102 valence electrons. The molecule has 0 atom stereocenters. The number of nitrogens with two attached hydrogens (primary N) is 1. The van der Waals surface area contributed by atoms with Gasteiger partial charge < -0.3 is 10.5 Å². The maximum Gasteiger partial charge on any atom is 0.157 e.